The van der Waals surface area contributed by atoms with Crippen LogP contribution in [0.2, 0.25) is 0 Å². The topological polar surface area (TPSA) is 17.8 Å². The Balaban J connectivity index is 1.86. The molecule has 2 aromatic carbocycles. The van der Waals surface area contributed by atoms with E-state index in [1.54, 1.807) is 0 Å². The molecular formula is C21H19IN2. The van der Waals surface area contributed by atoms with Gasteiger partial charge < -0.3 is 0 Å². The molecule has 120 valence electrons. The van der Waals surface area contributed by atoms with E-state index in [9.17, 15) is 0 Å². The second-order valence-corrected chi connectivity index (χ2v) is 8.18. The minimum Gasteiger partial charge on any atom is -0.282 e. The highest BCUT2D eigenvalue weighted by Crippen LogP contribution is 2.33. The molecule has 0 N–H and O–H groups in total. The van der Waals surface area contributed by atoms with Gasteiger partial charge in [-0.3, -0.25) is 7.76 Å². The third-order valence-corrected chi connectivity index (χ3v) is 5.52. The van der Waals surface area contributed by atoms with Gasteiger partial charge >= 0.3 is 0 Å². The number of para-hydroxylation sites is 1. The van der Waals surface area contributed by atoms with Crippen LogP contribution in [0.1, 0.15) is 26.5 Å². The standard InChI is InChI=1S/C21H19IN2/c1-21(2,3)20-11-9-15(13-23-20)14-8-10-17-16-6-4-5-7-18(16)24(22)19(17)12-14/h4-13H,1-3H3. The van der Waals surface area contributed by atoms with Gasteiger partial charge in [0, 0.05) is 33.6 Å². The lowest BCUT2D eigenvalue weighted by atomic mass is 9.91. The number of nitrogens with zero attached hydrogens (tertiary/aromatic N) is 2. The van der Waals surface area contributed by atoms with E-state index < -0.39 is 0 Å². The first kappa shape index (κ1) is 15.6. The molecule has 0 saturated heterocycles. The summed E-state index contributed by atoms with van der Waals surface area (Å²) in [4.78, 5) is 4.66. The number of rotatable bonds is 1. The van der Waals surface area contributed by atoms with Crippen molar-refractivity contribution in [2.75, 3.05) is 0 Å². The highest BCUT2D eigenvalue weighted by molar-refractivity contribution is 14.1. The molecule has 0 amide bonds. The zero-order valence-electron chi connectivity index (χ0n) is 14.0. The van der Waals surface area contributed by atoms with Crippen LogP contribution in [-0.2, 0) is 5.41 Å². The zero-order valence-corrected chi connectivity index (χ0v) is 16.2. The SMILES string of the molecule is CC(C)(C)c1ccc(-c2ccc3c4ccccc4n(I)c3c2)cn1. The van der Waals surface area contributed by atoms with E-state index in [0.29, 0.717) is 0 Å². The van der Waals surface area contributed by atoms with Gasteiger partial charge in [0.1, 0.15) is 0 Å². The van der Waals surface area contributed by atoms with E-state index in [1.807, 2.05) is 6.20 Å². The smallest absolute Gasteiger partial charge is 0.0646 e. The van der Waals surface area contributed by atoms with Crippen LogP contribution in [0.5, 0.6) is 0 Å². The van der Waals surface area contributed by atoms with Crippen LogP contribution in [0.25, 0.3) is 32.9 Å². The summed E-state index contributed by atoms with van der Waals surface area (Å²) in [6.45, 7) is 6.57. The maximum Gasteiger partial charge on any atom is 0.0646 e. The normalized spacial score (nSPS) is 12.2. The Morgan fingerprint density at radius 1 is 0.833 bits per heavy atom. The molecule has 0 unspecified atom stereocenters. The number of fused-ring (bicyclic) bond motifs is 3. The maximum atomic E-state index is 4.66. The fourth-order valence-corrected chi connectivity index (χ4v) is 3.93. The van der Waals surface area contributed by atoms with Gasteiger partial charge in [-0.15, -0.1) is 0 Å². The minimum absolute atomic E-state index is 0.0805. The monoisotopic (exact) mass is 426 g/mol. The molecule has 24 heavy (non-hydrogen) atoms. The maximum absolute atomic E-state index is 4.66. The highest BCUT2D eigenvalue weighted by atomic mass is 127. The van der Waals surface area contributed by atoms with E-state index in [1.165, 1.54) is 27.4 Å². The van der Waals surface area contributed by atoms with Crippen molar-refractivity contribution in [1.82, 2.24) is 7.76 Å². The molecule has 0 fully saturated rings. The van der Waals surface area contributed by atoms with Gasteiger partial charge in [-0.2, -0.15) is 0 Å². The first-order valence-corrected chi connectivity index (χ1v) is 9.08. The van der Waals surface area contributed by atoms with Crippen molar-refractivity contribution >= 4 is 44.7 Å². The fourth-order valence-electron chi connectivity index (χ4n) is 3.11. The number of hydrogen-bond donors (Lipinski definition) is 0. The van der Waals surface area contributed by atoms with Crippen molar-refractivity contribution in [3.05, 3.63) is 66.5 Å². The molecule has 2 aromatic heterocycles. The molecule has 2 heterocycles. The van der Waals surface area contributed by atoms with Crippen LogP contribution in [0, 0.1) is 0 Å². The largest absolute Gasteiger partial charge is 0.282 e. The van der Waals surface area contributed by atoms with Crippen LogP contribution in [-0.4, -0.2) is 7.76 Å². The van der Waals surface area contributed by atoms with Gasteiger partial charge in [0.2, 0.25) is 0 Å². The van der Waals surface area contributed by atoms with Crippen molar-refractivity contribution in [1.29, 1.82) is 0 Å². The van der Waals surface area contributed by atoms with Gasteiger partial charge in [-0.05, 0) is 23.8 Å². The molecule has 4 aromatic rings. The molecular weight excluding hydrogens is 407 g/mol. The predicted octanol–water partition coefficient (Wildman–Crippen LogP) is 6.35. The van der Waals surface area contributed by atoms with Crippen LogP contribution in [0.3, 0.4) is 0 Å². The molecule has 3 heteroatoms. The predicted molar refractivity (Wildman–Crippen MR) is 111 cm³/mol. The van der Waals surface area contributed by atoms with Crippen molar-refractivity contribution in [2.24, 2.45) is 0 Å². The van der Waals surface area contributed by atoms with Gasteiger partial charge in [0.05, 0.1) is 33.9 Å². The van der Waals surface area contributed by atoms with E-state index in [0.717, 1.165) is 11.3 Å². The Bertz CT molecular complexity index is 1040. The van der Waals surface area contributed by atoms with E-state index in [-0.39, 0.29) is 5.41 Å². The Morgan fingerprint density at radius 3 is 2.25 bits per heavy atom. The molecule has 0 spiro atoms. The quantitative estimate of drug-likeness (QED) is 0.324. The summed E-state index contributed by atoms with van der Waals surface area (Å²) in [6.07, 6.45) is 1.99. The number of hydrogen-bond acceptors (Lipinski definition) is 1. The third kappa shape index (κ3) is 2.51. The summed E-state index contributed by atoms with van der Waals surface area (Å²) >= 11 is 2.38. The van der Waals surface area contributed by atoms with Crippen molar-refractivity contribution in [2.45, 2.75) is 26.2 Å². The lowest BCUT2D eigenvalue weighted by Gasteiger charge is -2.17. The summed E-state index contributed by atoms with van der Waals surface area (Å²) in [5, 5.41) is 2.60. The molecule has 0 atom stereocenters. The Labute approximate surface area is 156 Å². The van der Waals surface area contributed by atoms with Gasteiger partial charge in [-0.25, -0.2) is 0 Å². The fraction of sp³-hybridized carbons (Fsp3) is 0.190. The lowest BCUT2D eigenvalue weighted by Crippen LogP contribution is -2.12. The Kier molecular flexibility index (Phi) is 3.64. The third-order valence-electron chi connectivity index (χ3n) is 4.48. The van der Waals surface area contributed by atoms with Crippen LogP contribution in [0.15, 0.2) is 60.8 Å². The summed E-state index contributed by atoms with van der Waals surface area (Å²) in [5.74, 6) is 0. The molecule has 0 bridgehead atoms. The first-order chi connectivity index (χ1) is 11.4. The Hall–Kier alpha value is -1.88. The van der Waals surface area contributed by atoms with Gasteiger partial charge in [0.15, 0.2) is 0 Å². The summed E-state index contributed by atoms with van der Waals surface area (Å²) in [7, 11) is 0. The zero-order chi connectivity index (χ0) is 16.9. The molecule has 4 rings (SSSR count). The van der Waals surface area contributed by atoms with Crippen molar-refractivity contribution in [3.8, 4) is 11.1 Å². The van der Waals surface area contributed by atoms with Crippen molar-refractivity contribution in [3.63, 3.8) is 0 Å². The van der Waals surface area contributed by atoms with Crippen LogP contribution < -0.4 is 0 Å². The van der Waals surface area contributed by atoms with E-state index in [4.69, 9.17) is 0 Å². The molecule has 0 radical (unpaired) electrons. The van der Waals surface area contributed by atoms with Gasteiger partial charge in [0.25, 0.3) is 0 Å². The number of benzene rings is 2. The average Bonchev–Trinajstić information content (AvgIpc) is 2.87. The highest BCUT2D eigenvalue weighted by Gasteiger charge is 2.15. The summed E-state index contributed by atoms with van der Waals surface area (Å²) in [6, 6.07) is 19.5. The lowest BCUT2D eigenvalue weighted by molar-refractivity contribution is 0.569. The number of aromatic nitrogens is 2. The van der Waals surface area contributed by atoms with Crippen LogP contribution >= 0.6 is 22.9 Å². The second kappa shape index (κ2) is 5.59. The molecule has 0 aliphatic heterocycles. The molecule has 0 saturated carbocycles. The first-order valence-electron chi connectivity index (χ1n) is 8.11. The molecule has 0 aliphatic rings. The minimum atomic E-state index is 0.0805. The Morgan fingerprint density at radius 2 is 1.54 bits per heavy atom. The van der Waals surface area contributed by atoms with Gasteiger partial charge in [-0.1, -0.05) is 57.2 Å². The number of halogens is 1. The van der Waals surface area contributed by atoms with E-state index in [2.05, 4.69) is 106 Å². The summed E-state index contributed by atoms with van der Waals surface area (Å²) < 4.78 is 2.24. The second-order valence-electron chi connectivity index (χ2n) is 7.21. The molecule has 2 nitrogen and oxygen atoms in total. The number of pyridine rings is 1. The molecule has 0 aliphatic carbocycles. The van der Waals surface area contributed by atoms with Crippen LogP contribution in [0.4, 0.5) is 0 Å². The average molecular weight is 426 g/mol. The van der Waals surface area contributed by atoms with E-state index >= 15 is 0 Å². The summed E-state index contributed by atoms with van der Waals surface area (Å²) in [5.41, 5.74) is 6.07. The van der Waals surface area contributed by atoms with Crippen molar-refractivity contribution < 1.29 is 0 Å².